The summed E-state index contributed by atoms with van der Waals surface area (Å²) >= 11 is 1.24. The van der Waals surface area contributed by atoms with Crippen molar-refractivity contribution in [1.29, 1.82) is 0 Å². The van der Waals surface area contributed by atoms with Crippen molar-refractivity contribution < 1.29 is 17.9 Å². The SMILES string of the molecule is O=C(NC1CCCCCC1)c1cccc(-c2ccc(S(=O)(=O)N3CCOCC3)s2)c1. The lowest BCUT2D eigenvalue weighted by molar-refractivity contribution is 0.0731. The summed E-state index contributed by atoms with van der Waals surface area (Å²) in [6, 6.07) is 11.2. The molecular weight excluding hydrogens is 420 g/mol. The third kappa shape index (κ3) is 4.94. The van der Waals surface area contributed by atoms with Gasteiger partial charge in [-0.3, -0.25) is 4.79 Å². The zero-order valence-corrected chi connectivity index (χ0v) is 18.6. The van der Waals surface area contributed by atoms with E-state index in [4.69, 9.17) is 4.74 Å². The molecule has 0 spiro atoms. The molecule has 2 fully saturated rings. The lowest BCUT2D eigenvalue weighted by atomic mass is 10.1. The first-order valence-electron chi connectivity index (χ1n) is 10.6. The van der Waals surface area contributed by atoms with Crippen LogP contribution in [-0.4, -0.2) is 51.0 Å². The van der Waals surface area contributed by atoms with Crippen molar-refractivity contribution in [3.63, 3.8) is 0 Å². The average Bonchev–Trinajstić information content (AvgIpc) is 3.15. The van der Waals surface area contributed by atoms with Gasteiger partial charge in [0.05, 0.1) is 13.2 Å². The monoisotopic (exact) mass is 448 g/mol. The average molecular weight is 449 g/mol. The van der Waals surface area contributed by atoms with Gasteiger partial charge < -0.3 is 10.1 Å². The molecule has 0 unspecified atom stereocenters. The molecule has 1 aromatic heterocycles. The van der Waals surface area contributed by atoms with E-state index in [2.05, 4.69) is 5.32 Å². The van der Waals surface area contributed by atoms with E-state index in [0.717, 1.165) is 23.3 Å². The van der Waals surface area contributed by atoms with Gasteiger partial charge in [0.25, 0.3) is 15.9 Å². The van der Waals surface area contributed by atoms with Gasteiger partial charge >= 0.3 is 0 Å². The molecule has 1 N–H and O–H groups in total. The molecule has 4 rings (SSSR count). The predicted molar refractivity (Wildman–Crippen MR) is 118 cm³/mol. The summed E-state index contributed by atoms with van der Waals surface area (Å²) in [7, 11) is -3.51. The lowest BCUT2D eigenvalue weighted by Crippen LogP contribution is -2.40. The number of hydrogen-bond donors (Lipinski definition) is 1. The number of ether oxygens (including phenoxy) is 1. The number of carbonyl (C=O) groups is 1. The zero-order chi connectivity index (χ0) is 21.0. The summed E-state index contributed by atoms with van der Waals surface area (Å²) in [4.78, 5) is 13.6. The van der Waals surface area contributed by atoms with Crippen molar-refractivity contribution in [2.24, 2.45) is 0 Å². The van der Waals surface area contributed by atoms with Gasteiger partial charge in [-0.1, -0.05) is 37.8 Å². The molecule has 30 heavy (non-hydrogen) atoms. The first-order valence-corrected chi connectivity index (χ1v) is 12.9. The Kier molecular flexibility index (Phi) is 6.87. The summed E-state index contributed by atoms with van der Waals surface area (Å²) in [5.41, 5.74) is 1.47. The highest BCUT2D eigenvalue weighted by Crippen LogP contribution is 2.33. The van der Waals surface area contributed by atoms with Crippen molar-refractivity contribution in [2.45, 2.75) is 48.8 Å². The van der Waals surface area contributed by atoms with Crippen LogP contribution in [0.4, 0.5) is 0 Å². The fraction of sp³-hybridized carbons (Fsp3) is 0.500. The van der Waals surface area contributed by atoms with Crippen LogP contribution in [0.15, 0.2) is 40.6 Å². The highest BCUT2D eigenvalue weighted by molar-refractivity contribution is 7.91. The third-order valence-electron chi connectivity index (χ3n) is 5.75. The molecule has 0 atom stereocenters. The Balaban J connectivity index is 1.49. The topological polar surface area (TPSA) is 75.7 Å². The summed E-state index contributed by atoms with van der Waals surface area (Å²) in [6.45, 7) is 1.62. The minimum absolute atomic E-state index is 0.0542. The van der Waals surface area contributed by atoms with Crippen molar-refractivity contribution in [1.82, 2.24) is 9.62 Å². The highest BCUT2D eigenvalue weighted by Gasteiger charge is 2.28. The van der Waals surface area contributed by atoms with Crippen molar-refractivity contribution in [3.05, 3.63) is 42.0 Å². The van der Waals surface area contributed by atoms with E-state index in [-0.39, 0.29) is 11.9 Å². The summed E-state index contributed by atoms with van der Waals surface area (Å²) in [5, 5.41) is 3.18. The second-order valence-corrected chi connectivity index (χ2v) is 11.1. The lowest BCUT2D eigenvalue weighted by Gasteiger charge is -2.25. The molecule has 1 saturated heterocycles. The number of hydrogen-bond acceptors (Lipinski definition) is 5. The molecule has 1 aromatic carbocycles. The molecule has 2 heterocycles. The standard InChI is InChI=1S/C22H28N2O4S2/c25-22(23-19-8-3-1-2-4-9-19)18-7-5-6-17(16-18)20-10-11-21(29-20)30(26,27)24-12-14-28-15-13-24/h5-7,10-11,16,19H,1-4,8-9,12-15H2,(H,23,25). The minimum atomic E-state index is -3.51. The minimum Gasteiger partial charge on any atom is -0.379 e. The van der Waals surface area contributed by atoms with Gasteiger partial charge in [-0.25, -0.2) is 8.42 Å². The molecule has 0 radical (unpaired) electrons. The highest BCUT2D eigenvalue weighted by atomic mass is 32.2. The Hall–Kier alpha value is -1.74. The fourth-order valence-corrected chi connectivity index (χ4v) is 6.90. The Morgan fingerprint density at radius 3 is 2.50 bits per heavy atom. The summed E-state index contributed by atoms with van der Waals surface area (Å²) in [6.07, 6.45) is 6.91. The van der Waals surface area contributed by atoms with Gasteiger partial charge in [0.2, 0.25) is 0 Å². The van der Waals surface area contributed by atoms with E-state index >= 15 is 0 Å². The van der Waals surface area contributed by atoms with E-state index < -0.39 is 10.0 Å². The van der Waals surface area contributed by atoms with Crippen LogP contribution in [0.2, 0.25) is 0 Å². The number of carbonyl (C=O) groups excluding carboxylic acids is 1. The number of rotatable bonds is 5. The number of sulfonamides is 1. The van der Waals surface area contributed by atoms with E-state index in [1.165, 1.54) is 41.3 Å². The van der Waals surface area contributed by atoms with Crippen LogP contribution in [0.3, 0.4) is 0 Å². The third-order valence-corrected chi connectivity index (χ3v) is 9.25. The molecule has 2 aromatic rings. The Bertz CT molecular complexity index is 973. The largest absolute Gasteiger partial charge is 0.379 e. The van der Waals surface area contributed by atoms with Crippen LogP contribution in [0, 0.1) is 0 Å². The van der Waals surface area contributed by atoms with Crippen molar-refractivity contribution in [2.75, 3.05) is 26.3 Å². The second kappa shape index (κ2) is 9.60. The number of nitrogens with one attached hydrogen (secondary N) is 1. The Labute approximate surface area is 182 Å². The molecule has 1 aliphatic heterocycles. The first kappa shape index (κ1) is 21.5. The van der Waals surface area contributed by atoms with Crippen LogP contribution >= 0.6 is 11.3 Å². The van der Waals surface area contributed by atoms with E-state index in [1.54, 1.807) is 6.07 Å². The van der Waals surface area contributed by atoms with E-state index in [1.807, 2.05) is 30.3 Å². The number of benzene rings is 1. The molecule has 1 aliphatic carbocycles. The molecule has 162 valence electrons. The molecule has 8 heteroatoms. The summed E-state index contributed by atoms with van der Waals surface area (Å²) in [5.74, 6) is -0.0542. The van der Waals surface area contributed by atoms with Crippen LogP contribution in [-0.2, 0) is 14.8 Å². The van der Waals surface area contributed by atoms with Gasteiger partial charge in [-0.05, 0) is 42.7 Å². The van der Waals surface area contributed by atoms with Crippen LogP contribution in [0.25, 0.3) is 10.4 Å². The first-order chi connectivity index (χ1) is 14.5. The van der Waals surface area contributed by atoms with Gasteiger partial charge in [0, 0.05) is 29.6 Å². The van der Waals surface area contributed by atoms with Gasteiger partial charge in [0.1, 0.15) is 4.21 Å². The van der Waals surface area contributed by atoms with Crippen LogP contribution < -0.4 is 5.32 Å². The maximum atomic E-state index is 12.9. The fourth-order valence-electron chi connectivity index (χ4n) is 4.03. The number of morpholine rings is 1. The Morgan fingerprint density at radius 1 is 1.03 bits per heavy atom. The van der Waals surface area contributed by atoms with E-state index in [9.17, 15) is 13.2 Å². The van der Waals surface area contributed by atoms with Gasteiger partial charge in [-0.15, -0.1) is 11.3 Å². The van der Waals surface area contributed by atoms with Crippen molar-refractivity contribution >= 4 is 27.3 Å². The van der Waals surface area contributed by atoms with E-state index in [0.29, 0.717) is 36.1 Å². The smallest absolute Gasteiger partial charge is 0.252 e. The Morgan fingerprint density at radius 2 is 1.77 bits per heavy atom. The maximum Gasteiger partial charge on any atom is 0.252 e. The maximum absolute atomic E-state index is 12.9. The number of thiophene rings is 1. The van der Waals surface area contributed by atoms with Crippen LogP contribution in [0.1, 0.15) is 48.9 Å². The number of nitrogens with zero attached hydrogens (tertiary/aromatic N) is 1. The second-order valence-electron chi connectivity index (χ2n) is 7.88. The number of amides is 1. The molecule has 1 amide bonds. The molecule has 0 bridgehead atoms. The van der Waals surface area contributed by atoms with Crippen LogP contribution in [0.5, 0.6) is 0 Å². The molecule has 2 aliphatic rings. The zero-order valence-electron chi connectivity index (χ0n) is 17.0. The predicted octanol–water partition coefficient (Wildman–Crippen LogP) is 3.89. The summed E-state index contributed by atoms with van der Waals surface area (Å²) < 4.78 is 32.8. The van der Waals surface area contributed by atoms with Gasteiger partial charge in [-0.2, -0.15) is 4.31 Å². The quantitative estimate of drug-likeness (QED) is 0.704. The normalized spacial score (nSPS) is 19.3. The molecule has 6 nitrogen and oxygen atoms in total. The molecule has 1 saturated carbocycles. The van der Waals surface area contributed by atoms with Crippen molar-refractivity contribution in [3.8, 4) is 10.4 Å². The van der Waals surface area contributed by atoms with Gasteiger partial charge in [0.15, 0.2) is 0 Å². The molecular formula is C22H28N2O4S2.